The number of carbonyl (C=O) groups is 1. The molecule has 1 aromatic heterocycles. The highest BCUT2D eigenvalue weighted by Gasteiger charge is 2.32. The summed E-state index contributed by atoms with van der Waals surface area (Å²) in [7, 11) is 0. The Hall–Kier alpha value is -2.24. The fraction of sp³-hybridized carbons (Fsp3) is 0.400. The second-order valence-electron chi connectivity index (χ2n) is 5.63. The van der Waals surface area contributed by atoms with Gasteiger partial charge in [-0.1, -0.05) is 0 Å². The molecular formula is C15H15FN4O. The lowest BCUT2D eigenvalue weighted by Crippen LogP contribution is -2.38. The minimum absolute atomic E-state index is 0.0859. The zero-order valence-corrected chi connectivity index (χ0v) is 11.5. The van der Waals surface area contributed by atoms with Crippen molar-refractivity contribution in [1.29, 1.82) is 0 Å². The summed E-state index contributed by atoms with van der Waals surface area (Å²) in [6.45, 7) is 1.85. The van der Waals surface area contributed by atoms with Gasteiger partial charge in [-0.25, -0.2) is 4.39 Å². The quantitative estimate of drug-likeness (QED) is 0.848. The van der Waals surface area contributed by atoms with E-state index in [4.69, 9.17) is 0 Å². The number of hydrogen-bond acceptors (Lipinski definition) is 3. The van der Waals surface area contributed by atoms with Gasteiger partial charge in [-0.3, -0.25) is 4.79 Å². The van der Waals surface area contributed by atoms with Crippen molar-refractivity contribution in [1.82, 2.24) is 19.7 Å². The van der Waals surface area contributed by atoms with E-state index in [-0.39, 0.29) is 11.7 Å². The number of halogens is 1. The Balaban J connectivity index is 1.55. The largest absolute Gasteiger partial charge is 0.329 e. The number of benzene rings is 1. The maximum atomic E-state index is 12.9. The molecule has 1 amide bonds. The Kier molecular flexibility index (Phi) is 2.77. The highest BCUT2D eigenvalue weighted by molar-refractivity contribution is 5.94. The van der Waals surface area contributed by atoms with Gasteiger partial charge < -0.3 is 9.47 Å². The maximum absolute atomic E-state index is 12.9. The summed E-state index contributed by atoms with van der Waals surface area (Å²) in [5.74, 6) is 2.05. The molecule has 0 unspecified atom stereocenters. The van der Waals surface area contributed by atoms with Gasteiger partial charge in [0, 0.05) is 24.6 Å². The van der Waals surface area contributed by atoms with E-state index in [2.05, 4.69) is 14.8 Å². The number of amides is 1. The molecule has 0 N–H and O–H groups in total. The third kappa shape index (κ3) is 2.20. The molecule has 1 aliphatic heterocycles. The summed E-state index contributed by atoms with van der Waals surface area (Å²) >= 11 is 0. The highest BCUT2D eigenvalue weighted by Crippen LogP contribution is 2.39. The summed E-state index contributed by atoms with van der Waals surface area (Å²) in [5.41, 5.74) is 0.506. The number of nitrogens with zero attached hydrogens (tertiary/aromatic N) is 4. The lowest BCUT2D eigenvalue weighted by atomic mass is 10.2. The van der Waals surface area contributed by atoms with E-state index in [1.165, 1.54) is 37.1 Å². The molecule has 108 valence electrons. The van der Waals surface area contributed by atoms with Crippen molar-refractivity contribution >= 4 is 5.91 Å². The average molecular weight is 286 g/mol. The topological polar surface area (TPSA) is 51.0 Å². The van der Waals surface area contributed by atoms with E-state index in [9.17, 15) is 9.18 Å². The first kappa shape index (κ1) is 12.5. The van der Waals surface area contributed by atoms with E-state index in [0.717, 1.165) is 18.2 Å². The lowest BCUT2D eigenvalue weighted by Gasteiger charge is -2.28. The van der Waals surface area contributed by atoms with Gasteiger partial charge in [0.2, 0.25) is 0 Å². The fourth-order valence-corrected chi connectivity index (χ4v) is 2.77. The molecule has 1 saturated carbocycles. The van der Waals surface area contributed by atoms with Crippen molar-refractivity contribution in [2.24, 2.45) is 0 Å². The van der Waals surface area contributed by atoms with Gasteiger partial charge in [-0.2, -0.15) is 0 Å². The minimum atomic E-state index is -0.334. The van der Waals surface area contributed by atoms with Gasteiger partial charge in [0.25, 0.3) is 5.91 Å². The second-order valence-corrected chi connectivity index (χ2v) is 5.63. The second kappa shape index (κ2) is 4.65. The average Bonchev–Trinajstić information content (AvgIpc) is 3.26. The molecule has 6 heteroatoms. The number of carbonyl (C=O) groups excluding carboxylic acids is 1. The van der Waals surface area contributed by atoms with Crippen LogP contribution in [0.2, 0.25) is 0 Å². The normalized spacial score (nSPS) is 17.7. The van der Waals surface area contributed by atoms with Crippen molar-refractivity contribution in [3.63, 3.8) is 0 Å². The molecule has 2 aliphatic rings. The summed E-state index contributed by atoms with van der Waals surface area (Å²) in [5, 5.41) is 8.48. The van der Waals surface area contributed by atoms with Crippen LogP contribution in [-0.2, 0) is 13.1 Å². The van der Waals surface area contributed by atoms with E-state index in [1.54, 1.807) is 4.90 Å². The Morgan fingerprint density at radius 2 is 1.90 bits per heavy atom. The molecule has 0 bridgehead atoms. The maximum Gasteiger partial charge on any atom is 0.254 e. The van der Waals surface area contributed by atoms with E-state index < -0.39 is 0 Å². The minimum Gasteiger partial charge on any atom is -0.329 e. The van der Waals surface area contributed by atoms with E-state index in [1.807, 2.05) is 0 Å². The van der Waals surface area contributed by atoms with Gasteiger partial charge in [-0.15, -0.1) is 10.2 Å². The molecule has 1 fully saturated rings. The molecule has 21 heavy (non-hydrogen) atoms. The first-order chi connectivity index (χ1) is 10.2. The highest BCUT2D eigenvalue weighted by atomic mass is 19.1. The SMILES string of the molecule is O=C(c1ccc(F)cc1)N1CCn2c(nnc2C2CC2)C1. The third-order valence-electron chi connectivity index (χ3n) is 4.10. The Morgan fingerprint density at radius 3 is 2.62 bits per heavy atom. The van der Waals surface area contributed by atoms with Crippen molar-refractivity contribution in [2.45, 2.75) is 31.8 Å². The monoisotopic (exact) mass is 286 g/mol. The molecule has 0 atom stereocenters. The molecule has 1 aromatic carbocycles. The molecule has 4 rings (SSSR count). The van der Waals surface area contributed by atoms with Gasteiger partial charge in [0.1, 0.15) is 11.6 Å². The Morgan fingerprint density at radius 1 is 1.14 bits per heavy atom. The molecule has 5 nitrogen and oxygen atoms in total. The van der Waals surface area contributed by atoms with Crippen LogP contribution in [0.15, 0.2) is 24.3 Å². The first-order valence-corrected chi connectivity index (χ1v) is 7.19. The van der Waals surface area contributed by atoms with E-state index >= 15 is 0 Å². The Bertz CT molecular complexity index is 690. The number of rotatable bonds is 2. The molecule has 2 heterocycles. The van der Waals surface area contributed by atoms with E-state index in [0.29, 0.717) is 24.6 Å². The summed E-state index contributed by atoms with van der Waals surface area (Å²) < 4.78 is 15.1. The van der Waals surface area contributed by atoms with Crippen molar-refractivity contribution < 1.29 is 9.18 Å². The smallest absolute Gasteiger partial charge is 0.254 e. The van der Waals surface area contributed by atoms with Crippen LogP contribution >= 0.6 is 0 Å². The summed E-state index contributed by atoms with van der Waals surface area (Å²) in [6, 6.07) is 5.66. The Labute approximate surface area is 121 Å². The van der Waals surface area contributed by atoms with Gasteiger partial charge in [0.15, 0.2) is 5.82 Å². The van der Waals surface area contributed by atoms with Crippen LogP contribution in [0, 0.1) is 5.82 Å². The van der Waals surface area contributed by atoms with Crippen LogP contribution in [0.25, 0.3) is 0 Å². The number of hydrogen-bond donors (Lipinski definition) is 0. The van der Waals surface area contributed by atoms with Crippen LogP contribution in [0.4, 0.5) is 4.39 Å². The van der Waals surface area contributed by atoms with Crippen LogP contribution < -0.4 is 0 Å². The molecule has 2 aromatic rings. The van der Waals surface area contributed by atoms with Crippen molar-refractivity contribution in [3.8, 4) is 0 Å². The standard InChI is InChI=1S/C15H15FN4O/c16-12-5-3-11(4-6-12)15(21)19-7-8-20-13(9-19)17-18-14(20)10-1-2-10/h3-6,10H,1-2,7-9H2. The molecule has 0 spiro atoms. The zero-order chi connectivity index (χ0) is 14.4. The molecule has 1 aliphatic carbocycles. The predicted molar refractivity (Wildman–Crippen MR) is 73.1 cm³/mol. The predicted octanol–water partition coefficient (Wildman–Crippen LogP) is 1.95. The molecule has 0 saturated heterocycles. The van der Waals surface area contributed by atoms with Gasteiger partial charge >= 0.3 is 0 Å². The lowest BCUT2D eigenvalue weighted by molar-refractivity contribution is 0.0706. The van der Waals surface area contributed by atoms with Crippen molar-refractivity contribution in [2.75, 3.05) is 6.54 Å². The third-order valence-corrected chi connectivity index (χ3v) is 4.10. The fourth-order valence-electron chi connectivity index (χ4n) is 2.77. The van der Waals surface area contributed by atoms with Crippen LogP contribution in [0.5, 0.6) is 0 Å². The van der Waals surface area contributed by atoms with Gasteiger partial charge in [0.05, 0.1) is 6.54 Å². The molecular weight excluding hydrogens is 271 g/mol. The number of aromatic nitrogens is 3. The van der Waals surface area contributed by atoms with Crippen LogP contribution in [0.1, 0.15) is 40.8 Å². The van der Waals surface area contributed by atoms with Crippen LogP contribution in [0.3, 0.4) is 0 Å². The summed E-state index contributed by atoms with van der Waals surface area (Å²) in [6.07, 6.45) is 2.38. The number of fused-ring (bicyclic) bond motifs is 1. The van der Waals surface area contributed by atoms with Crippen molar-refractivity contribution in [3.05, 3.63) is 47.3 Å². The van der Waals surface area contributed by atoms with Gasteiger partial charge in [-0.05, 0) is 37.1 Å². The molecule has 0 radical (unpaired) electrons. The zero-order valence-electron chi connectivity index (χ0n) is 11.5. The van der Waals surface area contributed by atoms with Crippen LogP contribution in [-0.4, -0.2) is 32.1 Å². The summed E-state index contributed by atoms with van der Waals surface area (Å²) in [4.78, 5) is 14.2. The first-order valence-electron chi connectivity index (χ1n) is 7.19.